The quantitative estimate of drug-likeness (QED) is 0.528. The summed E-state index contributed by atoms with van der Waals surface area (Å²) in [6.45, 7) is 0.292. The molecule has 2 aromatic carbocycles. The highest BCUT2D eigenvalue weighted by Gasteiger charge is 2.19. The molecule has 0 aliphatic rings. The molecule has 3 rings (SSSR count). The van der Waals surface area contributed by atoms with Crippen molar-refractivity contribution in [3.8, 4) is 0 Å². The van der Waals surface area contributed by atoms with Crippen LogP contribution in [0.2, 0.25) is 5.02 Å². The van der Waals surface area contributed by atoms with Crippen molar-refractivity contribution in [3.63, 3.8) is 0 Å². The third-order valence-corrected chi connectivity index (χ3v) is 4.56. The fourth-order valence-electron chi connectivity index (χ4n) is 2.91. The van der Waals surface area contributed by atoms with E-state index in [1.807, 2.05) is 30.5 Å². The number of ketones is 1. The maximum absolute atomic E-state index is 12.2. The number of aromatic amines is 1. The van der Waals surface area contributed by atoms with Crippen LogP contribution in [0.25, 0.3) is 10.9 Å². The molecular weight excluding hydrogens is 352 g/mol. The number of carbonyl (C=O) groups excluding carboxylic acids is 1. The summed E-state index contributed by atoms with van der Waals surface area (Å²) in [5.74, 6) is -0.986. The lowest BCUT2D eigenvalue weighted by Gasteiger charge is -2.14. The predicted octanol–water partition coefficient (Wildman–Crippen LogP) is 3.68. The van der Waals surface area contributed by atoms with E-state index in [0.717, 1.165) is 16.5 Å². The summed E-state index contributed by atoms with van der Waals surface area (Å²) in [6.07, 6.45) is 2.40. The standard InChI is InChI=1S/C20H19ClN2O3/c21-15-7-5-13(6-8-15)19(24)9-10-22-18(20(25)26)11-14-12-23-17-4-2-1-3-16(14)17/h1-8,12,18,22-23H,9-11H2,(H,25,26)/t18-/m1/s1. The zero-order valence-corrected chi connectivity index (χ0v) is 14.8. The number of hydrogen-bond acceptors (Lipinski definition) is 3. The summed E-state index contributed by atoms with van der Waals surface area (Å²) in [7, 11) is 0. The number of fused-ring (bicyclic) bond motifs is 1. The molecule has 0 bridgehead atoms. The Morgan fingerprint density at radius 3 is 2.58 bits per heavy atom. The first kappa shape index (κ1) is 18.2. The van der Waals surface area contributed by atoms with Crippen molar-refractivity contribution < 1.29 is 14.7 Å². The van der Waals surface area contributed by atoms with E-state index in [2.05, 4.69) is 10.3 Å². The fourth-order valence-corrected chi connectivity index (χ4v) is 3.03. The molecule has 1 atom stereocenters. The van der Waals surface area contributed by atoms with Crippen LogP contribution >= 0.6 is 11.6 Å². The van der Waals surface area contributed by atoms with Crippen molar-refractivity contribution in [3.05, 3.63) is 70.9 Å². The van der Waals surface area contributed by atoms with Gasteiger partial charge >= 0.3 is 5.97 Å². The number of halogens is 1. The van der Waals surface area contributed by atoms with Gasteiger partial charge in [0.1, 0.15) is 6.04 Å². The third-order valence-electron chi connectivity index (χ3n) is 4.31. The number of aliphatic carboxylic acids is 1. The van der Waals surface area contributed by atoms with Crippen molar-refractivity contribution in [2.24, 2.45) is 0 Å². The number of carbonyl (C=O) groups is 2. The van der Waals surface area contributed by atoms with Gasteiger partial charge in [-0.15, -0.1) is 0 Å². The van der Waals surface area contributed by atoms with Gasteiger partial charge < -0.3 is 15.4 Å². The second-order valence-electron chi connectivity index (χ2n) is 6.09. The molecule has 0 spiro atoms. The SMILES string of the molecule is O=C(CCN[C@H](Cc1c[nH]c2ccccc12)C(=O)O)c1ccc(Cl)cc1. The van der Waals surface area contributed by atoms with E-state index >= 15 is 0 Å². The summed E-state index contributed by atoms with van der Waals surface area (Å²) < 4.78 is 0. The molecule has 6 heteroatoms. The fraction of sp³-hybridized carbons (Fsp3) is 0.200. The maximum atomic E-state index is 12.2. The normalized spacial score (nSPS) is 12.2. The van der Waals surface area contributed by atoms with E-state index < -0.39 is 12.0 Å². The van der Waals surface area contributed by atoms with Gasteiger partial charge in [-0.05, 0) is 35.9 Å². The molecule has 0 unspecified atom stereocenters. The summed E-state index contributed by atoms with van der Waals surface area (Å²) >= 11 is 5.81. The molecule has 0 saturated heterocycles. The Kier molecular flexibility index (Phi) is 5.71. The molecule has 3 N–H and O–H groups in total. The molecule has 0 radical (unpaired) electrons. The minimum absolute atomic E-state index is 0.0506. The zero-order chi connectivity index (χ0) is 18.5. The molecule has 0 aliphatic heterocycles. The van der Waals surface area contributed by atoms with E-state index in [1.165, 1.54) is 0 Å². The van der Waals surface area contributed by atoms with E-state index in [0.29, 0.717) is 23.6 Å². The van der Waals surface area contributed by atoms with Gasteiger partial charge in [-0.2, -0.15) is 0 Å². The van der Waals surface area contributed by atoms with Gasteiger partial charge in [0.15, 0.2) is 5.78 Å². The molecule has 26 heavy (non-hydrogen) atoms. The summed E-state index contributed by atoms with van der Waals surface area (Å²) in [4.78, 5) is 26.9. The molecule has 0 aliphatic carbocycles. The maximum Gasteiger partial charge on any atom is 0.321 e. The monoisotopic (exact) mass is 370 g/mol. The van der Waals surface area contributed by atoms with E-state index in [9.17, 15) is 14.7 Å². The van der Waals surface area contributed by atoms with E-state index in [-0.39, 0.29) is 12.2 Å². The molecule has 134 valence electrons. The highest BCUT2D eigenvalue weighted by atomic mass is 35.5. The number of nitrogens with one attached hydrogen (secondary N) is 2. The van der Waals surface area contributed by atoms with Crippen LogP contribution in [0.1, 0.15) is 22.3 Å². The average Bonchev–Trinajstić information content (AvgIpc) is 3.04. The van der Waals surface area contributed by atoms with Crippen molar-refractivity contribution >= 4 is 34.3 Å². The Morgan fingerprint density at radius 1 is 1.12 bits per heavy atom. The Labute approximate surface area is 156 Å². The summed E-state index contributed by atoms with van der Waals surface area (Å²) in [5, 5.41) is 14.0. The second kappa shape index (κ2) is 8.17. The number of hydrogen-bond donors (Lipinski definition) is 3. The second-order valence-corrected chi connectivity index (χ2v) is 6.53. The van der Waals surface area contributed by atoms with Crippen molar-refractivity contribution in [2.45, 2.75) is 18.9 Å². The van der Waals surface area contributed by atoms with Crippen LogP contribution in [-0.2, 0) is 11.2 Å². The number of carboxylic acid groups (broad SMARTS) is 1. The summed E-state index contributed by atoms with van der Waals surface area (Å²) in [6, 6.07) is 13.7. The molecule has 5 nitrogen and oxygen atoms in total. The van der Waals surface area contributed by atoms with Crippen molar-refractivity contribution in [2.75, 3.05) is 6.54 Å². The molecule has 3 aromatic rings. The molecule has 0 saturated carbocycles. The lowest BCUT2D eigenvalue weighted by Crippen LogP contribution is -2.39. The zero-order valence-electron chi connectivity index (χ0n) is 14.0. The lowest BCUT2D eigenvalue weighted by atomic mass is 10.0. The first-order chi connectivity index (χ1) is 12.5. The number of para-hydroxylation sites is 1. The first-order valence-corrected chi connectivity index (χ1v) is 8.72. The lowest BCUT2D eigenvalue weighted by molar-refractivity contribution is -0.139. The van der Waals surface area contributed by atoms with Gasteiger partial charge in [-0.1, -0.05) is 29.8 Å². The van der Waals surface area contributed by atoms with Crippen LogP contribution in [0.15, 0.2) is 54.7 Å². The first-order valence-electron chi connectivity index (χ1n) is 8.34. The molecule has 0 fully saturated rings. The topological polar surface area (TPSA) is 82.2 Å². The van der Waals surface area contributed by atoms with Gasteiger partial charge in [0.2, 0.25) is 0 Å². The van der Waals surface area contributed by atoms with E-state index in [4.69, 9.17) is 11.6 Å². The Balaban J connectivity index is 1.59. The number of carboxylic acids is 1. The molecular formula is C20H19ClN2O3. The Bertz CT molecular complexity index is 918. The largest absolute Gasteiger partial charge is 0.480 e. The molecule has 1 heterocycles. The van der Waals surface area contributed by atoms with Crippen LogP contribution in [0.5, 0.6) is 0 Å². The predicted molar refractivity (Wildman–Crippen MR) is 102 cm³/mol. The van der Waals surface area contributed by atoms with Crippen LogP contribution < -0.4 is 5.32 Å². The highest BCUT2D eigenvalue weighted by Crippen LogP contribution is 2.19. The Morgan fingerprint density at radius 2 is 1.85 bits per heavy atom. The van der Waals surface area contributed by atoms with Crippen LogP contribution in [0.3, 0.4) is 0 Å². The number of H-pyrrole nitrogens is 1. The van der Waals surface area contributed by atoms with Crippen molar-refractivity contribution in [1.82, 2.24) is 10.3 Å². The molecule has 0 amide bonds. The smallest absolute Gasteiger partial charge is 0.321 e. The minimum Gasteiger partial charge on any atom is -0.480 e. The average molecular weight is 371 g/mol. The third kappa shape index (κ3) is 4.31. The number of benzene rings is 2. The van der Waals surface area contributed by atoms with Gasteiger partial charge in [0.05, 0.1) is 0 Å². The van der Waals surface area contributed by atoms with Crippen LogP contribution in [-0.4, -0.2) is 34.4 Å². The van der Waals surface area contributed by atoms with E-state index in [1.54, 1.807) is 24.3 Å². The van der Waals surface area contributed by atoms with Gasteiger partial charge in [-0.25, -0.2) is 0 Å². The number of Topliss-reactive ketones (excluding diaryl/α,β-unsaturated/α-hetero) is 1. The molecule has 1 aromatic heterocycles. The summed E-state index contributed by atoms with van der Waals surface area (Å²) in [5.41, 5.74) is 2.48. The number of rotatable bonds is 8. The minimum atomic E-state index is -0.936. The van der Waals surface area contributed by atoms with Gasteiger partial charge in [-0.3, -0.25) is 9.59 Å². The van der Waals surface area contributed by atoms with Crippen molar-refractivity contribution in [1.29, 1.82) is 0 Å². The van der Waals surface area contributed by atoms with Gasteiger partial charge in [0.25, 0.3) is 0 Å². The van der Waals surface area contributed by atoms with Crippen LogP contribution in [0.4, 0.5) is 0 Å². The van der Waals surface area contributed by atoms with Gasteiger partial charge in [0, 0.05) is 47.1 Å². The Hall–Kier alpha value is -2.63. The highest BCUT2D eigenvalue weighted by molar-refractivity contribution is 6.30. The van der Waals surface area contributed by atoms with Crippen LogP contribution in [0, 0.1) is 0 Å². The number of aromatic nitrogens is 1.